The molecule has 0 saturated heterocycles. The molecule has 2 nitrogen and oxygen atoms in total. The van der Waals surface area contributed by atoms with E-state index in [2.05, 4.69) is 168 Å². The number of para-hydroxylation sites is 2. The third-order valence-corrected chi connectivity index (χ3v) is 9.54. The molecule has 0 bridgehead atoms. The van der Waals surface area contributed by atoms with Gasteiger partial charge in [-0.1, -0.05) is 97.1 Å². The van der Waals surface area contributed by atoms with E-state index in [-0.39, 0.29) is 0 Å². The summed E-state index contributed by atoms with van der Waals surface area (Å²) in [5, 5.41) is 3.96. The largest absolute Gasteiger partial charge is 0.310 e. The van der Waals surface area contributed by atoms with E-state index >= 15 is 0 Å². The third-order valence-electron chi connectivity index (χ3n) is 9.54. The van der Waals surface area contributed by atoms with Gasteiger partial charge < -0.3 is 9.13 Å². The third kappa shape index (κ3) is 3.88. The van der Waals surface area contributed by atoms with Crippen LogP contribution in [0.5, 0.6) is 0 Å². The minimum absolute atomic E-state index is 0.386. The molecule has 0 N–H and O–H groups in total. The van der Waals surface area contributed by atoms with Gasteiger partial charge in [-0.05, 0) is 90.2 Å². The van der Waals surface area contributed by atoms with Crippen molar-refractivity contribution in [2.24, 2.45) is 5.92 Å². The number of aryl methyl sites for hydroxylation is 1. The standard InChI is InChI=1S/C42H32N2/c1-28-15-22-35-37-27-30(18-23-39(37)44(41(35)25-28)32-10-3-2-4-11-32)26-29-16-20-33(21-17-29)43-38-14-8-7-13-36(38)42-34-12-6-5-9-31(34)19-24-40(42)43/h2-25,27,31,34H,26H2,1H3. The number of nitrogens with zero attached hydrogens (tertiary/aromatic N) is 2. The smallest absolute Gasteiger partial charge is 0.0543 e. The summed E-state index contributed by atoms with van der Waals surface area (Å²) < 4.78 is 4.84. The zero-order valence-electron chi connectivity index (χ0n) is 24.7. The zero-order chi connectivity index (χ0) is 29.2. The minimum atomic E-state index is 0.386. The number of rotatable bonds is 4. The van der Waals surface area contributed by atoms with Gasteiger partial charge in [0.15, 0.2) is 0 Å². The maximum Gasteiger partial charge on any atom is 0.0543 e. The number of hydrogen-bond donors (Lipinski definition) is 0. The van der Waals surface area contributed by atoms with E-state index < -0.39 is 0 Å². The number of aromatic nitrogens is 2. The lowest BCUT2D eigenvalue weighted by Gasteiger charge is -2.26. The van der Waals surface area contributed by atoms with Crippen LogP contribution in [0.15, 0.2) is 146 Å². The fourth-order valence-electron chi connectivity index (χ4n) is 7.52. The molecule has 0 spiro atoms. The van der Waals surface area contributed by atoms with Crippen LogP contribution < -0.4 is 0 Å². The van der Waals surface area contributed by atoms with Gasteiger partial charge in [0.05, 0.1) is 22.2 Å². The number of allylic oxidation sites excluding steroid dienone is 5. The Hall–Kier alpha value is -5.34. The summed E-state index contributed by atoms with van der Waals surface area (Å²) in [6, 6.07) is 42.6. The lowest BCUT2D eigenvalue weighted by Crippen LogP contribution is -2.13. The fourth-order valence-corrected chi connectivity index (χ4v) is 7.52. The average Bonchev–Trinajstić information content (AvgIpc) is 3.58. The summed E-state index contributed by atoms with van der Waals surface area (Å²) in [4.78, 5) is 0. The molecule has 2 aliphatic carbocycles. The van der Waals surface area contributed by atoms with Crippen LogP contribution in [0.1, 0.15) is 33.9 Å². The number of benzene rings is 5. The highest BCUT2D eigenvalue weighted by atomic mass is 15.0. The van der Waals surface area contributed by atoms with E-state index in [0.717, 1.165) is 6.42 Å². The Morgan fingerprint density at radius 3 is 2.18 bits per heavy atom. The van der Waals surface area contributed by atoms with E-state index in [1.54, 1.807) is 0 Å². The van der Waals surface area contributed by atoms with Crippen molar-refractivity contribution >= 4 is 38.8 Å². The van der Waals surface area contributed by atoms with Gasteiger partial charge in [-0.15, -0.1) is 0 Å². The fraction of sp³-hybridized carbons (Fsp3) is 0.0952. The van der Waals surface area contributed by atoms with E-state index in [9.17, 15) is 0 Å². The van der Waals surface area contributed by atoms with Crippen LogP contribution in [-0.2, 0) is 6.42 Å². The van der Waals surface area contributed by atoms with Crippen LogP contribution in [0, 0.1) is 12.8 Å². The molecule has 9 rings (SSSR count). The second kappa shape index (κ2) is 9.86. The van der Waals surface area contributed by atoms with Crippen molar-refractivity contribution in [3.8, 4) is 11.4 Å². The molecule has 7 aromatic rings. The molecule has 2 unspecified atom stereocenters. The Bertz CT molecular complexity index is 2310. The van der Waals surface area contributed by atoms with Crippen LogP contribution in [0.3, 0.4) is 0 Å². The molecule has 0 amide bonds. The Kier molecular flexibility index (Phi) is 5.64. The first-order valence-electron chi connectivity index (χ1n) is 15.6. The van der Waals surface area contributed by atoms with Crippen LogP contribution in [0.4, 0.5) is 0 Å². The van der Waals surface area contributed by atoms with Crippen molar-refractivity contribution in [2.75, 3.05) is 0 Å². The minimum Gasteiger partial charge on any atom is -0.310 e. The van der Waals surface area contributed by atoms with E-state index in [4.69, 9.17) is 0 Å². The lowest BCUT2D eigenvalue weighted by atomic mass is 9.78. The maximum atomic E-state index is 2.44. The van der Waals surface area contributed by atoms with E-state index in [1.807, 2.05) is 0 Å². The topological polar surface area (TPSA) is 9.86 Å². The summed E-state index contributed by atoms with van der Waals surface area (Å²) in [6.07, 6.45) is 14.6. The summed E-state index contributed by atoms with van der Waals surface area (Å²) in [6.45, 7) is 2.17. The Morgan fingerprint density at radius 1 is 0.545 bits per heavy atom. The highest BCUT2D eigenvalue weighted by molar-refractivity contribution is 6.09. The molecule has 2 aliphatic rings. The molecule has 0 saturated carbocycles. The molecule has 5 aromatic carbocycles. The lowest BCUT2D eigenvalue weighted by molar-refractivity contribution is 0.693. The van der Waals surface area contributed by atoms with Crippen molar-refractivity contribution in [2.45, 2.75) is 19.3 Å². The maximum absolute atomic E-state index is 2.44. The summed E-state index contributed by atoms with van der Waals surface area (Å²) >= 11 is 0. The van der Waals surface area contributed by atoms with Crippen molar-refractivity contribution < 1.29 is 0 Å². The van der Waals surface area contributed by atoms with Crippen molar-refractivity contribution in [1.82, 2.24) is 9.13 Å². The number of hydrogen-bond acceptors (Lipinski definition) is 0. The van der Waals surface area contributed by atoms with Gasteiger partial charge in [0.25, 0.3) is 0 Å². The normalized spacial score (nSPS) is 17.0. The molecule has 210 valence electrons. The predicted octanol–water partition coefficient (Wildman–Crippen LogP) is 10.5. The van der Waals surface area contributed by atoms with Gasteiger partial charge in [-0.25, -0.2) is 0 Å². The zero-order valence-corrected chi connectivity index (χ0v) is 24.7. The van der Waals surface area contributed by atoms with Gasteiger partial charge >= 0.3 is 0 Å². The SMILES string of the molecule is Cc1ccc2c3cc(Cc4ccc(-n5c6c(c7ccccc75)C5C=CC=CC5C=C6)cc4)ccc3n(-c3ccccc3)c2c1. The highest BCUT2D eigenvalue weighted by Crippen LogP contribution is 2.44. The number of fused-ring (bicyclic) bond motifs is 8. The molecule has 2 atom stereocenters. The summed E-state index contributed by atoms with van der Waals surface area (Å²) in [7, 11) is 0. The molecular formula is C42H32N2. The Balaban J connectivity index is 1.09. The first-order chi connectivity index (χ1) is 21.7. The molecule has 44 heavy (non-hydrogen) atoms. The molecule has 0 fully saturated rings. The molecule has 2 heterocycles. The molecule has 0 aliphatic heterocycles. The summed E-state index contributed by atoms with van der Waals surface area (Å²) in [5.41, 5.74) is 12.8. The Labute approximate surface area is 257 Å². The van der Waals surface area contributed by atoms with Crippen LogP contribution >= 0.6 is 0 Å². The predicted molar refractivity (Wildman–Crippen MR) is 185 cm³/mol. The first kappa shape index (κ1) is 25.2. The summed E-state index contributed by atoms with van der Waals surface area (Å²) in [5.74, 6) is 0.814. The van der Waals surface area contributed by atoms with Gasteiger partial charge in [-0.3, -0.25) is 0 Å². The molecule has 2 aromatic heterocycles. The quantitative estimate of drug-likeness (QED) is 0.201. The average molecular weight is 565 g/mol. The van der Waals surface area contributed by atoms with Gasteiger partial charge in [0, 0.05) is 39.4 Å². The molecule has 0 radical (unpaired) electrons. The second-order valence-corrected chi connectivity index (χ2v) is 12.3. The van der Waals surface area contributed by atoms with Crippen LogP contribution in [0.25, 0.3) is 50.2 Å². The van der Waals surface area contributed by atoms with Crippen molar-refractivity contribution in [1.29, 1.82) is 0 Å². The van der Waals surface area contributed by atoms with Crippen LogP contribution in [-0.4, -0.2) is 9.13 Å². The van der Waals surface area contributed by atoms with Crippen molar-refractivity contribution in [3.63, 3.8) is 0 Å². The molecule has 2 heteroatoms. The van der Waals surface area contributed by atoms with Crippen LogP contribution in [0.2, 0.25) is 0 Å². The van der Waals surface area contributed by atoms with E-state index in [0.29, 0.717) is 11.8 Å². The second-order valence-electron chi connectivity index (χ2n) is 12.3. The monoisotopic (exact) mass is 564 g/mol. The van der Waals surface area contributed by atoms with Gasteiger partial charge in [0.2, 0.25) is 0 Å². The van der Waals surface area contributed by atoms with Gasteiger partial charge in [0.1, 0.15) is 0 Å². The van der Waals surface area contributed by atoms with E-state index in [1.165, 1.54) is 72.0 Å². The highest BCUT2D eigenvalue weighted by Gasteiger charge is 2.29. The van der Waals surface area contributed by atoms with Crippen molar-refractivity contribution in [3.05, 3.63) is 174 Å². The first-order valence-corrected chi connectivity index (χ1v) is 15.6. The van der Waals surface area contributed by atoms with Gasteiger partial charge in [-0.2, -0.15) is 0 Å². The molecular weight excluding hydrogens is 532 g/mol. The Morgan fingerprint density at radius 2 is 1.30 bits per heavy atom.